The maximum absolute atomic E-state index is 13.4. The smallest absolute Gasteiger partial charge is 0.265 e. The Balaban J connectivity index is 1.62. The number of rotatable bonds is 5. The predicted molar refractivity (Wildman–Crippen MR) is 126 cm³/mol. The molecule has 9 heteroatoms. The molecule has 1 atom stereocenters. The van der Waals surface area contributed by atoms with E-state index in [9.17, 15) is 13.2 Å². The average Bonchev–Trinajstić information content (AvgIpc) is 3.36. The summed E-state index contributed by atoms with van der Waals surface area (Å²) in [7, 11) is -3.82. The van der Waals surface area contributed by atoms with Gasteiger partial charge in [0, 0.05) is 16.5 Å². The molecule has 1 aliphatic rings. The number of hydrogen-bond acceptors (Lipinski definition) is 5. The van der Waals surface area contributed by atoms with Crippen molar-refractivity contribution in [2.24, 2.45) is 0 Å². The van der Waals surface area contributed by atoms with Gasteiger partial charge in [0.1, 0.15) is 6.04 Å². The molecule has 0 aliphatic carbocycles. The summed E-state index contributed by atoms with van der Waals surface area (Å²) in [5.74, 6) is -0.323. The lowest BCUT2D eigenvalue weighted by atomic mass is 10.2. The summed E-state index contributed by atoms with van der Waals surface area (Å²) in [5.41, 5.74) is 2.64. The van der Waals surface area contributed by atoms with Crippen LogP contribution in [0.5, 0.6) is 0 Å². The van der Waals surface area contributed by atoms with E-state index in [-0.39, 0.29) is 10.8 Å². The molecule has 1 aromatic heterocycles. The highest BCUT2D eigenvalue weighted by molar-refractivity contribution is 7.99. The number of benzene rings is 2. The summed E-state index contributed by atoms with van der Waals surface area (Å²) >= 11 is 7.46. The SMILES string of the molecule is Cc1ccc(Sc2c(C)nn(C(=O)C3CCCN3S(=O)(=O)c3ccc(Cl)cc3)c2C)cc1. The van der Waals surface area contributed by atoms with Crippen LogP contribution in [0.3, 0.4) is 0 Å². The van der Waals surface area contributed by atoms with Crippen LogP contribution in [0, 0.1) is 20.8 Å². The summed E-state index contributed by atoms with van der Waals surface area (Å²) in [6.07, 6.45) is 1.08. The molecule has 0 saturated carbocycles. The van der Waals surface area contributed by atoms with Gasteiger partial charge in [0.05, 0.1) is 21.2 Å². The summed E-state index contributed by atoms with van der Waals surface area (Å²) in [5, 5.41) is 4.93. The highest BCUT2D eigenvalue weighted by Gasteiger charge is 2.41. The molecule has 0 radical (unpaired) electrons. The van der Waals surface area contributed by atoms with Gasteiger partial charge in [-0.15, -0.1) is 0 Å². The van der Waals surface area contributed by atoms with Gasteiger partial charge in [0.25, 0.3) is 5.91 Å². The number of hydrogen-bond donors (Lipinski definition) is 0. The summed E-state index contributed by atoms with van der Waals surface area (Å²) in [4.78, 5) is 15.5. The van der Waals surface area contributed by atoms with Crippen molar-refractivity contribution in [3.8, 4) is 0 Å². The van der Waals surface area contributed by atoms with Crippen molar-refractivity contribution in [3.63, 3.8) is 0 Å². The van der Waals surface area contributed by atoms with Crippen molar-refractivity contribution in [2.45, 2.75) is 54.3 Å². The molecule has 2 aromatic carbocycles. The van der Waals surface area contributed by atoms with Gasteiger partial charge in [-0.05, 0) is 70.0 Å². The van der Waals surface area contributed by atoms with Crippen molar-refractivity contribution < 1.29 is 13.2 Å². The Morgan fingerprint density at radius 2 is 1.72 bits per heavy atom. The summed E-state index contributed by atoms with van der Waals surface area (Å²) in [6, 6.07) is 13.4. The number of carbonyl (C=O) groups excluding carboxylic acids is 1. The van der Waals surface area contributed by atoms with Crippen LogP contribution in [-0.4, -0.2) is 41.0 Å². The number of aromatic nitrogens is 2. The van der Waals surface area contributed by atoms with Gasteiger partial charge in [-0.3, -0.25) is 4.79 Å². The normalized spacial score (nSPS) is 17.1. The fraction of sp³-hybridized carbons (Fsp3) is 0.304. The molecule has 0 N–H and O–H groups in total. The third-order valence-corrected chi connectivity index (χ3v) is 9.06. The van der Waals surface area contributed by atoms with E-state index in [1.54, 1.807) is 11.8 Å². The largest absolute Gasteiger partial charge is 0.271 e. The fourth-order valence-electron chi connectivity index (χ4n) is 3.87. The highest BCUT2D eigenvalue weighted by Crippen LogP contribution is 2.34. The van der Waals surface area contributed by atoms with Crippen LogP contribution in [0.25, 0.3) is 0 Å². The molecule has 1 unspecified atom stereocenters. The summed E-state index contributed by atoms with van der Waals surface area (Å²) in [6.45, 7) is 6.05. The van der Waals surface area contributed by atoms with E-state index in [4.69, 9.17) is 11.6 Å². The molecule has 3 aromatic rings. The Hall–Kier alpha value is -2.13. The Morgan fingerprint density at radius 1 is 1.06 bits per heavy atom. The number of aryl methyl sites for hydroxylation is 2. The van der Waals surface area contributed by atoms with Crippen LogP contribution in [0.15, 0.2) is 63.2 Å². The van der Waals surface area contributed by atoms with Crippen LogP contribution in [0.1, 0.15) is 34.6 Å². The van der Waals surface area contributed by atoms with Gasteiger partial charge in [0.2, 0.25) is 10.0 Å². The van der Waals surface area contributed by atoms with Gasteiger partial charge in [0.15, 0.2) is 0 Å². The standard InChI is InChI=1S/C23H24ClN3O3S2/c1-15-6-10-19(11-7-15)31-22-16(2)25-27(17(22)3)23(28)21-5-4-14-26(21)32(29,30)20-12-8-18(24)9-13-20/h6-13,21H,4-5,14H2,1-3H3. The molecule has 1 saturated heterocycles. The molecule has 1 aliphatic heterocycles. The monoisotopic (exact) mass is 489 g/mol. The summed E-state index contributed by atoms with van der Waals surface area (Å²) < 4.78 is 29.1. The Bertz CT molecular complexity index is 1250. The van der Waals surface area contributed by atoms with Gasteiger partial charge >= 0.3 is 0 Å². The quantitative estimate of drug-likeness (QED) is 0.498. The molecule has 32 heavy (non-hydrogen) atoms. The Labute approximate surface area is 197 Å². The molecule has 4 rings (SSSR count). The zero-order valence-corrected chi connectivity index (χ0v) is 20.5. The van der Waals surface area contributed by atoms with E-state index in [1.807, 2.05) is 45.0 Å². The zero-order valence-electron chi connectivity index (χ0n) is 18.1. The first-order valence-electron chi connectivity index (χ1n) is 10.3. The lowest BCUT2D eigenvalue weighted by molar-refractivity contribution is 0.0813. The number of carbonyl (C=O) groups is 1. The molecule has 168 valence electrons. The number of nitrogens with zero attached hydrogens (tertiary/aromatic N) is 3. The van der Waals surface area contributed by atoms with Crippen LogP contribution >= 0.6 is 23.4 Å². The first kappa shape index (κ1) is 23.0. The minimum Gasteiger partial charge on any atom is -0.271 e. The van der Waals surface area contributed by atoms with E-state index in [2.05, 4.69) is 5.10 Å². The predicted octanol–water partition coefficient (Wildman–Crippen LogP) is 5.11. The maximum Gasteiger partial charge on any atom is 0.265 e. The first-order valence-corrected chi connectivity index (χ1v) is 12.9. The first-order chi connectivity index (χ1) is 15.2. The van der Waals surface area contributed by atoms with E-state index < -0.39 is 16.1 Å². The third kappa shape index (κ3) is 4.37. The molecular weight excluding hydrogens is 466 g/mol. The van der Waals surface area contributed by atoms with Crippen molar-refractivity contribution in [2.75, 3.05) is 6.54 Å². The minimum absolute atomic E-state index is 0.130. The molecular formula is C23H24ClN3O3S2. The zero-order chi connectivity index (χ0) is 23.0. The van der Waals surface area contributed by atoms with E-state index in [1.165, 1.54) is 38.8 Å². The van der Waals surface area contributed by atoms with Crippen LogP contribution in [0.2, 0.25) is 5.02 Å². The molecule has 0 bridgehead atoms. The van der Waals surface area contributed by atoms with Crippen LogP contribution in [-0.2, 0) is 10.0 Å². The minimum atomic E-state index is -3.82. The van der Waals surface area contributed by atoms with E-state index in [0.717, 1.165) is 15.5 Å². The second-order valence-electron chi connectivity index (χ2n) is 7.89. The lowest BCUT2D eigenvalue weighted by Gasteiger charge is -2.23. The van der Waals surface area contributed by atoms with Crippen LogP contribution < -0.4 is 0 Å². The lowest BCUT2D eigenvalue weighted by Crippen LogP contribution is -2.43. The average molecular weight is 490 g/mol. The number of halogens is 1. The van der Waals surface area contributed by atoms with Gasteiger partial charge in [-0.25, -0.2) is 13.1 Å². The molecule has 2 heterocycles. The van der Waals surface area contributed by atoms with Crippen molar-refractivity contribution in [1.82, 2.24) is 14.1 Å². The van der Waals surface area contributed by atoms with E-state index in [0.29, 0.717) is 30.1 Å². The molecule has 1 fully saturated rings. The van der Waals surface area contributed by atoms with Gasteiger partial charge < -0.3 is 0 Å². The second kappa shape index (κ2) is 9.02. The maximum atomic E-state index is 13.4. The van der Waals surface area contributed by atoms with Crippen molar-refractivity contribution in [1.29, 1.82) is 0 Å². The number of sulfonamides is 1. The second-order valence-corrected chi connectivity index (χ2v) is 11.3. The van der Waals surface area contributed by atoms with Crippen molar-refractivity contribution >= 4 is 39.3 Å². The van der Waals surface area contributed by atoms with Gasteiger partial charge in [-0.2, -0.15) is 9.40 Å². The Kier molecular flexibility index (Phi) is 6.49. The van der Waals surface area contributed by atoms with Crippen LogP contribution in [0.4, 0.5) is 0 Å². The topological polar surface area (TPSA) is 72.3 Å². The molecule has 6 nitrogen and oxygen atoms in total. The third-order valence-electron chi connectivity index (χ3n) is 5.58. The highest BCUT2D eigenvalue weighted by atomic mass is 35.5. The van der Waals surface area contributed by atoms with Gasteiger partial charge in [-0.1, -0.05) is 41.1 Å². The van der Waals surface area contributed by atoms with E-state index >= 15 is 0 Å². The fourth-order valence-corrected chi connectivity index (χ4v) is 6.58. The van der Waals surface area contributed by atoms with Crippen molar-refractivity contribution in [3.05, 3.63) is 70.5 Å². The Morgan fingerprint density at radius 3 is 2.38 bits per heavy atom. The molecule has 0 amide bonds. The molecule has 0 spiro atoms.